The molecule has 0 radical (unpaired) electrons. The van der Waals surface area contributed by atoms with Gasteiger partial charge in [0.15, 0.2) is 0 Å². The molecule has 1 rings (SSSR count). The van der Waals surface area contributed by atoms with Gasteiger partial charge in [0.25, 0.3) is 0 Å². The normalized spacial score (nSPS) is 11.8. The van der Waals surface area contributed by atoms with Crippen LogP contribution >= 0.6 is 0 Å². The summed E-state index contributed by atoms with van der Waals surface area (Å²) in [5.41, 5.74) is 0.726. The predicted octanol–water partition coefficient (Wildman–Crippen LogP) is 1.45. The molecule has 1 aromatic rings. The van der Waals surface area contributed by atoms with Gasteiger partial charge < -0.3 is 9.84 Å². The molecule has 1 N–H and O–H groups in total. The Hall–Kier alpha value is -1.61. The Labute approximate surface area is 82.6 Å². The lowest BCUT2D eigenvalue weighted by molar-refractivity contribution is -0.140. The smallest absolute Gasteiger partial charge is 0.330 e. The number of aliphatic hydroxyl groups is 1. The van der Waals surface area contributed by atoms with Crippen LogP contribution in [0.2, 0.25) is 0 Å². The van der Waals surface area contributed by atoms with Crippen molar-refractivity contribution >= 4 is 5.97 Å². The molecular formula is C11H12O3. The van der Waals surface area contributed by atoms with Gasteiger partial charge in [0.05, 0.1) is 0 Å². The summed E-state index contributed by atoms with van der Waals surface area (Å²) in [5.74, 6) is -0.528. The van der Waals surface area contributed by atoms with E-state index >= 15 is 0 Å². The molecular weight excluding hydrogens is 180 g/mol. The summed E-state index contributed by atoms with van der Waals surface area (Å²) in [6, 6.07) is 9.02. The van der Waals surface area contributed by atoms with Gasteiger partial charge in [-0.25, -0.2) is 4.79 Å². The fourth-order valence-electron chi connectivity index (χ4n) is 0.991. The van der Waals surface area contributed by atoms with Crippen LogP contribution in [0.3, 0.4) is 0 Å². The number of benzene rings is 1. The van der Waals surface area contributed by atoms with Crippen LogP contribution < -0.4 is 0 Å². The van der Waals surface area contributed by atoms with Crippen molar-refractivity contribution in [3.63, 3.8) is 0 Å². The van der Waals surface area contributed by atoms with Crippen LogP contribution in [-0.2, 0) is 9.53 Å². The van der Waals surface area contributed by atoms with Crippen molar-refractivity contribution in [1.82, 2.24) is 0 Å². The lowest BCUT2D eigenvalue weighted by Gasteiger charge is -2.10. The van der Waals surface area contributed by atoms with E-state index in [1.54, 1.807) is 12.1 Å². The molecule has 0 aliphatic carbocycles. The van der Waals surface area contributed by atoms with E-state index < -0.39 is 12.1 Å². The lowest BCUT2D eigenvalue weighted by atomic mass is 10.1. The zero-order valence-electron chi connectivity index (χ0n) is 7.72. The van der Waals surface area contributed by atoms with Gasteiger partial charge in [-0.05, 0) is 5.56 Å². The number of carbonyl (C=O) groups excluding carboxylic acids is 1. The first-order valence-electron chi connectivity index (χ1n) is 4.26. The monoisotopic (exact) mass is 192 g/mol. The van der Waals surface area contributed by atoms with E-state index in [2.05, 4.69) is 6.58 Å². The van der Waals surface area contributed by atoms with Crippen LogP contribution in [0, 0.1) is 0 Å². The molecule has 1 atom stereocenters. The van der Waals surface area contributed by atoms with Crippen molar-refractivity contribution in [3.8, 4) is 0 Å². The molecule has 0 amide bonds. The van der Waals surface area contributed by atoms with E-state index in [1.807, 2.05) is 18.2 Å². The molecule has 0 saturated carbocycles. The van der Waals surface area contributed by atoms with Gasteiger partial charge in [0, 0.05) is 6.08 Å². The Kier molecular flexibility index (Phi) is 3.88. The predicted molar refractivity (Wildman–Crippen MR) is 52.6 cm³/mol. The van der Waals surface area contributed by atoms with Gasteiger partial charge in [-0.2, -0.15) is 0 Å². The molecule has 3 heteroatoms. The van der Waals surface area contributed by atoms with E-state index in [9.17, 15) is 9.90 Å². The molecule has 0 heterocycles. The van der Waals surface area contributed by atoms with Gasteiger partial charge in [-0.15, -0.1) is 0 Å². The number of carbonyl (C=O) groups is 1. The molecule has 74 valence electrons. The fraction of sp³-hybridized carbons (Fsp3) is 0.182. The minimum atomic E-state index is -0.778. The minimum absolute atomic E-state index is 0.0468. The number of ether oxygens (including phenoxy) is 1. The molecule has 0 saturated heterocycles. The second kappa shape index (κ2) is 5.19. The molecule has 0 aliphatic rings. The van der Waals surface area contributed by atoms with Crippen LogP contribution in [0.5, 0.6) is 0 Å². The SMILES string of the molecule is C=CC(=O)OCC(O)c1ccccc1. The Morgan fingerprint density at radius 3 is 2.71 bits per heavy atom. The van der Waals surface area contributed by atoms with Crippen LogP contribution in [0.1, 0.15) is 11.7 Å². The molecule has 3 nitrogen and oxygen atoms in total. The number of esters is 1. The third-order valence-corrected chi connectivity index (χ3v) is 1.73. The summed E-state index contributed by atoms with van der Waals surface area (Å²) >= 11 is 0. The Morgan fingerprint density at radius 2 is 2.14 bits per heavy atom. The number of hydrogen-bond donors (Lipinski definition) is 1. The van der Waals surface area contributed by atoms with Gasteiger partial charge in [-0.3, -0.25) is 0 Å². The van der Waals surface area contributed by atoms with Gasteiger partial charge >= 0.3 is 5.97 Å². The van der Waals surface area contributed by atoms with Crippen LogP contribution in [0.25, 0.3) is 0 Å². The summed E-state index contributed by atoms with van der Waals surface area (Å²) in [6.45, 7) is 3.21. The average Bonchev–Trinajstić information content (AvgIpc) is 2.26. The topological polar surface area (TPSA) is 46.5 Å². The number of rotatable bonds is 4. The number of hydrogen-bond acceptors (Lipinski definition) is 3. The maximum atomic E-state index is 10.7. The van der Waals surface area contributed by atoms with Crippen molar-refractivity contribution in [2.75, 3.05) is 6.61 Å². The summed E-state index contributed by atoms with van der Waals surface area (Å²) in [4.78, 5) is 10.7. The van der Waals surface area contributed by atoms with Crippen LogP contribution in [-0.4, -0.2) is 17.7 Å². The highest BCUT2D eigenvalue weighted by atomic mass is 16.5. The molecule has 0 aromatic heterocycles. The first-order valence-corrected chi connectivity index (χ1v) is 4.26. The second-order valence-corrected chi connectivity index (χ2v) is 2.76. The maximum absolute atomic E-state index is 10.7. The fourth-order valence-corrected chi connectivity index (χ4v) is 0.991. The summed E-state index contributed by atoms with van der Waals surface area (Å²) in [7, 11) is 0. The molecule has 14 heavy (non-hydrogen) atoms. The zero-order valence-corrected chi connectivity index (χ0v) is 7.72. The molecule has 0 bridgehead atoms. The minimum Gasteiger partial charge on any atom is -0.459 e. The average molecular weight is 192 g/mol. The van der Waals surface area contributed by atoms with E-state index in [-0.39, 0.29) is 6.61 Å². The van der Waals surface area contributed by atoms with Crippen molar-refractivity contribution in [2.24, 2.45) is 0 Å². The highest BCUT2D eigenvalue weighted by Crippen LogP contribution is 2.11. The van der Waals surface area contributed by atoms with Gasteiger partial charge in [0.1, 0.15) is 12.7 Å². The molecule has 0 spiro atoms. The van der Waals surface area contributed by atoms with Crippen molar-refractivity contribution in [2.45, 2.75) is 6.10 Å². The summed E-state index contributed by atoms with van der Waals surface area (Å²) in [6.07, 6.45) is 0.289. The highest BCUT2D eigenvalue weighted by molar-refractivity contribution is 5.81. The second-order valence-electron chi connectivity index (χ2n) is 2.76. The summed E-state index contributed by atoms with van der Waals surface area (Å²) < 4.78 is 4.70. The third kappa shape index (κ3) is 3.03. The largest absolute Gasteiger partial charge is 0.459 e. The van der Waals surface area contributed by atoms with Crippen molar-refractivity contribution < 1.29 is 14.6 Å². The van der Waals surface area contributed by atoms with E-state index in [0.717, 1.165) is 11.6 Å². The molecule has 0 aliphatic heterocycles. The van der Waals surface area contributed by atoms with E-state index in [1.165, 1.54) is 0 Å². The highest BCUT2D eigenvalue weighted by Gasteiger charge is 2.08. The first-order chi connectivity index (χ1) is 6.74. The van der Waals surface area contributed by atoms with Crippen molar-refractivity contribution in [3.05, 3.63) is 48.6 Å². The van der Waals surface area contributed by atoms with E-state index in [0.29, 0.717) is 0 Å². The van der Waals surface area contributed by atoms with Gasteiger partial charge in [-0.1, -0.05) is 36.9 Å². The van der Waals surface area contributed by atoms with Crippen LogP contribution in [0.15, 0.2) is 43.0 Å². The summed E-state index contributed by atoms with van der Waals surface area (Å²) in [5, 5.41) is 9.55. The molecule has 1 unspecified atom stereocenters. The van der Waals surface area contributed by atoms with Crippen LogP contribution in [0.4, 0.5) is 0 Å². The standard InChI is InChI=1S/C11H12O3/c1-2-11(13)14-8-10(12)9-6-4-3-5-7-9/h2-7,10,12H,1,8H2. The van der Waals surface area contributed by atoms with Gasteiger partial charge in [0.2, 0.25) is 0 Å². The third-order valence-electron chi connectivity index (χ3n) is 1.73. The maximum Gasteiger partial charge on any atom is 0.330 e. The quantitative estimate of drug-likeness (QED) is 0.580. The Balaban J connectivity index is 2.47. The lowest BCUT2D eigenvalue weighted by Crippen LogP contribution is -2.10. The Bertz CT molecular complexity index is 306. The van der Waals surface area contributed by atoms with Crippen molar-refractivity contribution in [1.29, 1.82) is 0 Å². The first kappa shape index (κ1) is 10.5. The zero-order chi connectivity index (χ0) is 10.4. The molecule has 1 aromatic carbocycles. The number of aliphatic hydroxyl groups excluding tert-OH is 1. The molecule has 0 fully saturated rings. The van der Waals surface area contributed by atoms with E-state index in [4.69, 9.17) is 4.74 Å². The Morgan fingerprint density at radius 1 is 1.50 bits per heavy atom.